The molecule has 0 bridgehead atoms. The number of anilines is 1. The van der Waals surface area contributed by atoms with Crippen molar-refractivity contribution >= 4 is 57.7 Å². The number of aryl methyl sites for hydroxylation is 1. The average Bonchev–Trinajstić information content (AvgIpc) is 2.91. The Morgan fingerprint density at radius 1 is 1.00 bits per heavy atom. The topological polar surface area (TPSA) is 71.5 Å². The Morgan fingerprint density at radius 2 is 1.76 bits per heavy atom. The molecule has 0 unspecified atom stereocenters. The number of carbonyl (C=O) groups excluding carboxylic acids is 2. The number of hydrogen-bond acceptors (Lipinski definition) is 4. The number of fused-ring (bicyclic) bond motifs is 1. The number of pyridine rings is 1. The molecule has 194 valence electrons. The number of aromatic nitrogens is 1. The highest BCUT2D eigenvalue weighted by atomic mass is 35.5. The Hall–Kier alpha value is -3.87. The Morgan fingerprint density at radius 3 is 2.53 bits per heavy atom. The fourth-order valence-electron chi connectivity index (χ4n) is 3.87. The van der Waals surface area contributed by atoms with Crippen molar-refractivity contribution in [2.75, 3.05) is 18.5 Å². The van der Waals surface area contributed by atoms with Crippen molar-refractivity contribution in [1.82, 2.24) is 10.3 Å². The summed E-state index contributed by atoms with van der Waals surface area (Å²) in [7, 11) is 1.60. The van der Waals surface area contributed by atoms with Crippen LogP contribution in [-0.2, 0) is 16.2 Å². The summed E-state index contributed by atoms with van der Waals surface area (Å²) in [4.78, 5) is 31.4. The average molecular weight is 548 g/mol. The summed E-state index contributed by atoms with van der Waals surface area (Å²) in [5, 5.41) is 4.34. The summed E-state index contributed by atoms with van der Waals surface area (Å²) in [6.45, 7) is 3.51. The molecular formula is C30H27Cl2N3O3. The number of benzene rings is 3. The predicted octanol–water partition coefficient (Wildman–Crippen LogP) is 6.61. The molecular weight excluding hydrogens is 521 g/mol. The first-order valence-electron chi connectivity index (χ1n) is 12.0. The van der Waals surface area contributed by atoms with Crippen LogP contribution in [0.25, 0.3) is 17.0 Å². The zero-order chi connectivity index (χ0) is 27.2. The first-order valence-corrected chi connectivity index (χ1v) is 12.7. The maximum atomic E-state index is 12.9. The van der Waals surface area contributed by atoms with Crippen LogP contribution in [0.4, 0.5) is 5.69 Å². The molecule has 38 heavy (non-hydrogen) atoms. The van der Waals surface area contributed by atoms with E-state index in [9.17, 15) is 9.59 Å². The standard InChI is InChI=1S/C30H27Cl2N3O3/c1-19(16-21-8-5-4-6-9-21)30(37)33-17-27(36)35(3)25-15-14-24(31)23(28(25)32)18-38-26-11-7-10-22-13-12-20(2)34-29(22)26/h4-16H,17-18H2,1-3H3,(H,33,37)/b19-16+. The van der Waals surface area contributed by atoms with Gasteiger partial charge in [-0.2, -0.15) is 0 Å². The van der Waals surface area contributed by atoms with Gasteiger partial charge in [0.05, 0.1) is 17.3 Å². The lowest BCUT2D eigenvalue weighted by Crippen LogP contribution is -2.38. The van der Waals surface area contributed by atoms with Gasteiger partial charge in [-0.15, -0.1) is 0 Å². The zero-order valence-electron chi connectivity index (χ0n) is 21.3. The number of ether oxygens (including phenoxy) is 1. The SMILES string of the molecule is C/C(=C\c1ccccc1)C(=O)NCC(=O)N(C)c1ccc(Cl)c(COc2cccc3ccc(C)nc23)c1Cl. The fourth-order valence-corrected chi connectivity index (χ4v) is 4.48. The monoisotopic (exact) mass is 547 g/mol. The van der Waals surface area contributed by atoms with Gasteiger partial charge in [0, 0.05) is 34.3 Å². The third-order valence-electron chi connectivity index (χ3n) is 6.04. The van der Waals surface area contributed by atoms with Crippen LogP contribution in [0.3, 0.4) is 0 Å². The lowest BCUT2D eigenvalue weighted by Gasteiger charge is -2.21. The quantitative estimate of drug-likeness (QED) is 0.252. The lowest BCUT2D eigenvalue weighted by atomic mass is 10.1. The Kier molecular flexibility index (Phi) is 8.66. The van der Waals surface area contributed by atoms with E-state index in [1.807, 2.05) is 67.6 Å². The number of para-hydroxylation sites is 1. The number of rotatable bonds is 8. The van der Waals surface area contributed by atoms with Crippen molar-refractivity contribution in [1.29, 1.82) is 0 Å². The molecule has 1 aromatic heterocycles. The Bertz CT molecular complexity index is 1520. The minimum atomic E-state index is -0.337. The van der Waals surface area contributed by atoms with Crippen LogP contribution in [0, 0.1) is 6.92 Å². The first-order chi connectivity index (χ1) is 18.2. The molecule has 3 aromatic carbocycles. The zero-order valence-corrected chi connectivity index (χ0v) is 22.8. The van der Waals surface area contributed by atoms with Crippen molar-refractivity contribution in [3.8, 4) is 5.75 Å². The second-order valence-corrected chi connectivity index (χ2v) is 9.59. The van der Waals surface area contributed by atoms with Gasteiger partial charge in [-0.25, -0.2) is 4.98 Å². The van der Waals surface area contributed by atoms with E-state index in [4.69, 9.17) is 27.9 Å². The summed E-state index contributed by atoms with van der Waals surface area (Å²) in [5.74, 6) is -0.0590. The fraction of sp³-hybridized carbons (Fsp3) is 0.167. The molecule has 1 heterocycles. The summed E-state index contributed by atoms with van der Waals surface area (Å²) >= 11 is 13.1. The molecule has 1 N–H and O–H groups in total. The van der Waals surface area contributed by atoms with Crippen LogP contribution >= 0.6 is 23.2 Å². The van der Waals surface area contributed by atoms with E-state index >= 15 is 0 Å². The summed E-state index contributed by atoms with van der Waals surface area (Å²) in [6.07, 6.45) is 1.76. The van der Waals surface area contributed by atoms with Gasteiger partial charge in [0.25, 0.3) is 0 Å². The van der Waals surface area contributed by atoms with Crippen LogP contribution in [-0.4, -0.2) is 30.4 Å². The molecule has 0 aliphatic rings. The second kappa shape index (κ2) is 12.1. The van der Waals surface area contributed by atoms with Gasteiger partial charge >= 0.3 is 0 Å². The molecule has 0 fully saturated rings. The van der Waals surface area contributed by atoms with Crippen LogP contribution < -0.4 is 15.0 Å². The minimum Gasteiger partial charge on any atom is -0.487 e. The van der Waals surface area contributed by atoms with Gasteiger partial charge in [-0.1, -0.05) is 71.7 Å². The summed E-state index contributed by atoms with van der Waals surface area (Å²) in [6, 6.07) is 22.5. The van der Waals surface area contributed by atoms with Crippen molar-refractivity contribution in [3.63, 3.8) is 0 Å². The van der Waals surface area contributed by atoms with Gasteiger partial charge in [0.1, 0.15) is 17.9 Å². The highest BCUT2D eigenvalue weighted by Crippen LogP contribution is 2.35. The summed E-state index contributed by atoms with van der Waals surface area (Å²) in [5.41, 5.74) is 4.02. The van der Waals surface area contributed by atoms with Gasteiger partial charge < -0.3 is 15.0 Å². The molecule has 0 spiro atoms. The normalized spacial score (nSPS) is 11.3. The van der Waals surface area contributed by atoms with Crippen LogP contribution in [0.2, 0.25) is 10.0 Å². The smallest absolute Gasteiger partial charge is 0.247 e. The number of halogens is 2. The third kappa shape index (κ3) is 6.33. The largest absolute Gasteiger partial charge is 0.487 e. The predicted molar refractivity (Wildman–Crippen MR) is 154 cm³/mol. The molecule has 8 heteroatoms. The van der Waals surface area contributed by atoms with Crippen LogP contribution in [0.15, 0.2) is 78.4 Å². The number of nitrogens with one attached hydrogen (secondary N) is 1. The van der Waals surface area contributed by atoms with Crippen LogP contribution in [0.1, 0.15) is 23.7 Å². The van der Waals surface area contributed by atoms with Crippen molar-refractivity contribution < 1.29 is 14.3 Å². The van der Waals surface area contributed by atoms with E-state index < -0.39 is 0 Å². The first kappa shape index (κ1) is 27.2. The van der Waals surface area contributed by atoms with Gasteiger partial charge in [-0.05, 0) is 49.8 Å². The molecule has 0 atom stereocenters. The van der Waals surface area contributed by atoms with E-state index in [1.54, 1.807) is 32.2 Å². The van der Waals surface area contributed by atoms with Gasteiger partial charge in [0.2, 0.25) is 11.8 Å². The summed E-state index contributed by atoms with van der Waals surface area (Å²) < 4.78 is 6.07. The molecule has 4 aromatic rings. The molecule has 0 saturated heterocycles. The van der Waals surface area contributed by atoms with Gasteiger partial charge in [-0.3, -0.25) is 9.59 Å². The minimum absolute atomic E-state index is 0.0858. The second-order valence-electron chi connectivity index (χ2n) is 8.80. The van der Waals surface area contributed by atoms with E-state index in [1.165, 1.54) is 4.90 Å². The highest BCUT2D eigenvalue weighted by molar-refractivity contribution is 6.38. The molecule has 2 amide bonds. The Labute approximate surface area is 231 Å². The third-order valence-corrected chi connectivity index (χ3v) is 6.81. The number of nitrogens with zero attached hydrogens (tertiary/aromatic N) is 2. The van der Waals surface area contributed by atoms with Crippen molar-refractivity contribution in [2.24, 2.45) is 0 Å². The van der Waals surface area contributed by atoms with E-state index in [0.29, 0.717) is 32.6 Å². The maximum Gasteiger partial charge on any atom is 0.247 e. The number of amides is 2. The molecule has 4 rings (SSSR count). The van der Waals surface area contributed by atoms with Crippen molar-refractivity contribution in [2.45, 2.75) is 20.5 Å². The number of carbonyl (C=O) groups is 2. The molecule has 0 saturated carbocycles. The van der Waals surface area contributed by atoms with E-state index in [-0.39, 0.29) is 25.0 Å². The van der Waals surface area contributed by atoms with Crippen LogP contribution in [0.5, 0.6) is 5.75 Å². The molecule has 0 aliphatic heterocycles. The van der Waals surface area contributed by atoms with E-state index in [0.717, 1.165) is 22.2 Å². The number of likely N-dealkylation sites (N-methyl/N-ethyl adjacent to an activating group) is 1. The lowest BCUT2D eigenvalue weighted by molar-refractivity contribution is -0.122. The maximum absolute atomic E-state index is 12.9. The molecule has 0 radical (unpaired) electrons. The Balaban J connectivity index is 1.45. The molecule has 0 aliphatic carbocycles. The van der Waals surface area contributed by atoms with E-state index in [2.05, 4.69) is 10.3 Å². The number of hydrogen-bond donors (Lipinski definition) is 1. The molecule has 6 nitrogen and oxygen atoms in total. The highest BCUT2D eigenvalue weighted by Gasteiger charge is 2.20. The van der Waals surface area contributed by atoms with Crippen molar-refractivity contribution in [3.05, 3.63) is 105 Å². The van der Waals surface area contributed by atoms with Gasteiger partial charge in [0.15, 0.2) is 0 Å².